The molecule has 5 nitrogen and oxygen atoms in total. The van der Waals surface area contributed by atoms with E-state index in [0.29, 0.717) is 24.8 Å². The minimum atomic E-state index is -0.302. The molecule has 0 aliphatic heterocycles. The third-order valence-electron chi connectivity index (χ3n) is 4.96. The number of fused-ring (bicyclic) bond motifs is 1. The fourth-order valence-corrected chi connectivity index (χ4v) is 3.47. The summed E-state index contributed by atoms with van der Waals surface area (Å²) < 4.78 is 11.8. The molecule has 1 N–H and O–H groups in total. The van der Waals surface area contributed by atoms with E-state index < -0.39 is 0 Å². The highest BCUT2D eigenvalue weighted by Crippen LogP contribution is 2.29. The topological polar surface area (TPSA) is 64.5 Å². The third-order valence-corrected chi connectivity index (χ3v) is 4.96. The predicted octanol–water partition coefficient (Wildman–Crippen LogP) is 3.75. The third kappa shape index (κ3) is 3.63. The standard InChI is InChI=1S/C21H22N2O3/c1-14-9-17(10-19(14)24)26-21-11-20(22-13-23-21)25-12-16-7-4-6-15-5-2-3-8-18(15)16/h2-8,11,13-14,17,19,24H,9-10,12H2,1H3/t14-,17+,19+/m0/s1. The van der Waals surface area contributed by atoms with Gasteiger partial charge in [0.1, 0.15) is 19.0 Å². The van der Waals surface area contributed by atoms with Gasteiger partial charge in [0.15, 0.2) is 0 Å². The Balaban J connectivity index is 1.44. The molecule has 5 heteroatoms. The van der Waals surface area contributed by atoms with Gasteiger partial charge in [0, 0.05) is 6.42 Å². The summed E-state index contributed by atoms with van der Waals surface area (Å²) in [5.74, 6) is 1.22. The number of aliphatic hydroxyl groups is 1. The quantitative estimate of drug-likeness (QED) is 0.759. The molecule has 3 atom stereocenters. The number of aliphatic hydroxyl groups excluding tert-OH is 1. The van der Waals surface area contributed by atoms with Crippen LogP contribution >= 0.6 is 0 Å². The van der Waals surface area contributed by atoms with Crippen molar-refractivity contribution in [3.63, 3.8) is 0 Å². The molecule has 134 valence electrons. The van der Waals surface area contributed by atoms with E-state index in [1.165, 1.54) is 17.1 Å². The number of aromatic nitrogens is 2. The fraction of sp³-hybridized carbons (Fsp3) is 0.333. The van der Waals surface area contributed by atoms with E-state index in [2.05, 4.69) is 34.2 Å². The maximum absolute atomic E-state index is 9.86. The van der Waals surface area contributed by atoms with Crippen LogP contribution in [0.1, 0.15) is 25.3 Å². The van der Waals surface area contributed by atoms with Crippen LogP contribution in [0.2, 0.25) is 0 Å². The molecular weight excluding hydrogens is 328 g/mol. The van der Waals surface area contributed by atoms with Crippen LogP contribution < -0.4 is 9.47 Å². The van der Waals surface area contributed by atoms with Gasteiger partial charge < -0.3 is 14.6 Å². The highest BCUT2D eigenvalue weighted by Gasteiger charge is 2.31. The van der Waals surface area contributed by atoms with Gasteiger partial charge in [-0.25, -0.2) is 9.97 Å². The largest absolute Gasteiger partial charge is 0.474 e. The first-order chi connectivity index (χ1) is 12.7. The number of ether oxygens (including phenoxy) is 2. The summed E-state index contributed by atoms with van der Waals surface area (Å²) >= 11 is 0. The summed E-state index contributed by atoms with van der Waals surface area (Å²) in [5.41, 5.74) is 1.11. The van der Waals surface area contributed by atoms with Crippen LogP contribution in [0.3, 0.4) is 0 Å². The molecule has 0 unspecified atom stereocenters. The van der Waals surface area contributed by atoms with Gasteiger partial charge in [0.2, 0.25) is 11.8 Å². The lowest BCUT2D eigenvalue weighted by atomic mass is 10.1. The number of hydrogen-bond donors (Lipinski definition) is 1. The molecule has 0 bridgehead atoms. The normalized spacial score (nSPS) is 22.5. The van der Waals surface area contributed by atoms with Gasteiger partial charge in [0.25, 0.3) is 0 Å². The summed E-state index contributed by atoms with van der Waals surface area (Å²) in [5, 5.41) is 12.2. The van der Waals surface area contributed by atoms with Crippen molar-refractivity contribution >= 4 is 10.8 Å². The van der Waals surface area contributed by atoms with Crippen molar-refractivity contribution in [2.45, 2.75) is 38.6 Å². The molecule has 1 aliphatic rings. The second kappa shape index (κ2) is 7.30. The Morgan fingerprint density at radius 2 is 1.85 bits per heavy atom. The average molecular weight is 350 g/mol. The zero-order chi connectivity index (χ0) is 17.9. The van der Waals surface area contributed by atoms with E-state index >= 15 is 0 Å². The van der Waals surface area contributed by atoms with E-state index in [1.807, 2.05) is 25.1 Å². The van der Waals surface area contributed by atoms with Crippen molar-refractivity contribution in [2.75, 3.05) is 0 Å². The molecule has 0 saturated heterocycles. The van der Waals surface area contributed by atoms with Crippen LogP contribution in [0.4, 0.5) is 0 Å². The van der Waals surface area contributed by atoms with Crippen molar-refractivity contribution in [1.29, 1.82) is 0 Å². The molecule has 2 aromatic carbocycles. The van der Waals surface area contributed by atoms with Gasteiger partial charge in [-0.05, 0) is 28.7 Å². The highest BCUT2D eigenvalue weighted by molar-refractivity contribution is 5.85. The summed E-state index contributed by atoms with van der Waals surface area (Å²) in [7, 11) is 0. The van der Waals surface area contributed by atoms with E-state index in [0.717, 1.165) is 12.0 Å². The predicted molar refractivity (Wildman–Crippen MR) is 99.1 cm³/mol. The zero-order valence-electron chi connectivity index (χ0n) is 14.7. The highest BCUT2D eigenvalue weighted by atomic mass is 16.5. The van der Waals surface area contributed by atoms with Gasteiger partial charge >= 0.3 is 0 Å². The lowest BCUT2D eigenvalue weighted by molar-refractivity contribution is 0.128. The maximum atomic E-state index is 9.86. The minimum Gasteiger partial charge on any atom is -0.474 e. The first kappa shape index (κ1) is 16.8. The van der Waals surface area contributed by atoms with Crippen LogP contribution in [-0.4, -0.2) is 27.3 Å². The van der Waals surface area contributed by atoms with Crippen LogP contribution in [-0.2, 0) is 6.61 Å². The van der Waals surface area contributed by atoms with Crippen molar-refractivity contribution in [2.24, 2.45) is 5.92 Å². The Labute approximate surface area is 152 Å². The summed E-state index contributed by atoms with van der Waals surface area (Å²) in [6, 6.07) is 16.1. The van der Waals surface area contributed by atoms with Gasteiger partial charge in [-0.2, -0.15) is 0 Å². The Morgan fingerprint density at radius 1 is 1.04 bits per heavy atom. The lowest BCUT2D eigenvalue weighted by Gasteiger charge is -2.13. The number of rotatable bonds is 5. The molecular formula is C21H22N2O3. The second-order valence-electron chi connectivity index (χ2n) is 6.88. The average Bonchev–Trinajstić information content (AvgIpc) is 2.97. The monoisotopic (exact) mass is 350 g/mol. The van der Waals surface area contributed by atoms with E-state index in [1.54, 1.807) is 6.07 Å². The van der Waals surface area contributed by atoms with Gasteiger partial charge in [-0.15, -0.1) is 0 Å². The Morgan fingerprint density at radius 3 is 2.69 bits per heavy atom. The van der Waals surface area contributed by atoms with Crippen molar-refractivity contribution < 1.29 is 14.6 Å². The van der Waals surface area contributed by atoms with Crippen LogP contribution in [0.5, 0.6) is 11.8 Å². The zero-order valence-corrected chi connectivity index (χ0v) is 14.7. The first-order valence-corrected chi connectivity index (χ1v) is 8.95. The number of hydrogen-bond acceptors (Lipinski definition) is 5. The summed E-state index contributed by atoms with van der Waals surface area (Å²) in [6.07, 6.45) is 2.60. The number of nitrogens with zero attached hydrogens (tertiary/aromatic N) is 2. The number of benzene rings is 2. The van der Waals surface area contributed by atoms with Gasteiger partial charge in [-0.3, -0.25) is 0 Å². The molecule has 1 aromatic heterocycles. The Kier molecular flexibility index (Phi) is 4.71. The smallest absolute Gasteiger partial charge is 0.220 e. The molecule has 3 aromatic rings. The van der Waals surface area contributed by atoms with Crippen LogP contribution in [0.15, 0.2) is 54.9 Å². The first-order valence-electron chi connectivity index (χ1n) is 8.95. The van der Waals surface area contributed by atoms with E-state index in [4.69, 9.17) is 9.47 Å². The lowest BCUT2D eigenvalue weighted by Crippen LogP contribution is -2.14. The van der Waals surface area contributed by atoms with Crippen molar-refractivity contribution in [3.8, 4) is 11.8 Å². The Hall–Kier alpha value is -2.66. The molecule has 0 spiro atoms. The SMILES string of the molecule is C[C@H]1C[C@@H](Oc2cc(OCc3cccc4ccccc34)ncn2)C[C@H]1O. The van der Waals surface area contributed by atoms with Crippen LogP contribution in [0, 0.1) is 5.92 Å². The molecule has 26 heavy (non-hydrogen) atoms. The van der Waals surface area contributed by atoms with Crippen molar-refractivity contribution in [1.82, 2.24) is 9.97 Å². The maximum Gasteiger partial charge on any atom is 0.220 e. The van der Waals surface area contributed by atoms with Crippen LogP contribution in [0.25, 0.3) is 10.8 Å². The van der Waals surface area contributed by atoms with Gasteiger partial charge in [0.05, 0.1) is 12.2 Å². The molecule has 1 aliphatic carbocycles. The molecule has 1 fully saturated rings. The molecule has 0 radical (unpaired) electrons. The molecule has 0 amide bonds. The summed E-state index contributed by atoms with van der Waals surface area (Å²) in [4.78, 5) is 8.34. The fourth-order valence-electron chi connectivity index (χ4n) is 3.47. The molecule has 1 saturated carbocycles. The second-order valence-corrected chi connectivity index (χ2v) is 6.88. The molecule has 4 rings (SSSR count). The minimum absolute atomic E-state index is 0.0131. The molecule has 1 heterocycles. The van der Waals surface area contributed by atoms with Gasteiger partial charge in [-0.1, -0.05) is 49.4 Å². The Bertz CT molecular complexity index is 884. The van der Waals surface area contributed by atoms with Crippen molar-refractivity contribution in [3.05, 3.63) is 60.4 Å². The van der Waals surface area contributed by atoms with E-state index in [9.17, 15) is 5.11 Å². The van der Waals surface area contributed by atoms with E-state index in [-0.39, 0.29) is 18.1 Å². The summed E-state index contributed by atoms with van der Waals surface area (Å²) in [6.45, 7) is 2.46.